The van der Waals surface area contributed by atoms with Gasteiger partial charge in [-0.15, -0.1) is 0 Å². The molecular weight excluding hydrogens is 210 g/mol. The van der Waals surface area contributed by atoms with E-state index in [2.05, 4.69) is 20.8 Å². The molecule has 1 rings (SSSR count). The number of carbonyl (C=O) groups is 1. The van der Waals surface area contributed by atoms with Gasteiger partial charge in [0.1, 0.15) is 5.78 Å². The standard InChI is InChI=1S/C15H29NO/c1-4-13(5-2)10-14(17)15(11-16)8-6-12(3)7-9-15/h12-13H,4-11,16H2,1-3H3. The molecule has 1 saturated carbocycles. The maximum absolute atomic E-state index is 12.5. The fraction of sp³-hybridized carbons (Fsp3) is 0.933. The van der Waals surface area contributed by atoms with Gasteiger partial charge in [0.15, 0.2) is 0 Å². The van der Waals surface area contributed by atoms with Gasteiger partial charge < -0.3 is 5.73 Å². The van der Waals surface area contributed by atoms with E-state index in [-0.39, 0.29) is 5.41 Å². The van der Waals surface area contributed by atoms with Crippen molar-refractivity contribution in [1.29, 1.82) is 0 Å². The van der Waals surface area contributed by atoms with E-state index in [1.807, 2.05) is 0 Å². The second-order valence-corrected chi connectivity index (χ2v) is 5.98. The second kappa shape index (κ2) is 6.53. The summed E-state index contributed by atoms with van der Waals surface area (Å²) in [6, 6.07) is 0. The van der Waals surface area contributed by atoms with Crippen molar-refractivity contribution in [3.05, 3.63) is 0 Å². The van der Waals surface area contributed by atoms with E-state index in [1.54, 1.807) is 0 Å². The van der Waals surface area contributed by atoms with E-state index in [1.165, 1.54) is 12.8 Å². The third kappa shape index (κ3) is 3.54. The molecule has 0 radical (unpaired) electrons. The first kappa shape index (κ1) is 14.7. The molecule has 100 valence electrons. The van der Waals surface area contributed by atoms with Crippen LogP contribution in [0.2, 0.25) is 0 Å². The van der Waals surface area contributed by atoms with Crippen molar-refractivity contribution in [1.82, 2.24) is 0 Å². The molecule has 1 fully saturated rings. The maximum Gasteiger partial charge on any atom is 0.140 e. The quantitative estimate of drug-likeness (QED) is 0.770. The minimum absolute atomic E-state index is 0.172. The summed E-state index contributed by atoms with van der Waals surface area (Å²) in [7, 11) is 0. The van der Waals surface area contributed by atoms with Crippen LogP contribution >= 0.6 is 0 Å². The van der Waals surface area contributed by atoms with Gasteiger partial charge in [0.05, 0.1) is 0 Å². The summed E-state index contributed by atoms with van der Waals surface area (Å²) < 4.78 is 0. The molecule has 0 aliphatic heterocycles. The van der Waals surface area contributed by atoms with Crippen molar-refractivity contribution >= 4 is 5.78 Å². The van der Waals surface area contributed by atoms with Crippen LogP contribution in [0.5, 0.6) is 0 Å². The molecule has 2 N–H and O–H groups in total. The van der Waals surface area contributed by atoms with Crippen molar-refractivity contribution in [2.45, 2.75) is 65.7 Å². The van der Waals surface area contributed by atoms with E-state index in [0.29, 0.717) is 18.2 Å². The highest BCUT2D eigenvalue weighted by atomic mass is 16.1. The van der Waals surface area contributed by atoms with Crippen LogP contribution in [0.25, 0.3) is 0 Å². The van der Waals surface area contributed by atoms with Crippen LogP contribution in [0.3, 0.4) is 0 Å². The number of hydrogen-bond donors (Lipinski definition) is 1. The molecule has 0 aromatic heterocycles. The highest BCUT2D eigenvalue weighted by Crippen LogP contribution is 2.40. The smallest absolute Gasteiger partial charge is 0.140 e. The van der Waals surface area contributed by atoms with Gasteiger partial charge in [-0.1, -0.05) is 33.6 Å². The van der Waals surface area contributed by atoms with Gasteiger partial charge in [-0.25, -0.2) is 0 Å². The van der Waals surface area contributed by atoms with Crippen LogP contribution < -0.4 is 5.73 Å². The summed E-state index contributed by atoms with van der Waals surface area (Å²) in [6.07, 6.45) is 7.35. The maximum atomic E-state index is 12.5. The van der Waals surface area contributed by atoms with Crippen molar-refractivity contribution in [3.8, 4) is 0 Å². The van der Waals surface area contributed by atoms with Crippen molar-refractivity contribution < 1.29 is 4.79 Å². The summed E-state index contributed by atoms with van der Waals surface area (Å²) in [5.74, 6) is 1.78. The minimum atomic E-state index is -0.172. The van der Waals surface area contributed by atoms with Gasteiger partial charge in [0.2, 0.25) is 0 Å². The van der Waals surface area contributed by atoms with Gasteiger partial charge in [0.25, 0.3) is 0 Å². The average molecular weight is 239 g/mol. The minimum Gasteiger partial charge on any atom is -0.329 e. The molecule has 1 aliphatic carbocycles. The SMILES string of the molecule is CCC(CC)CC(=O)C1(CN)CCC(C)CC1. The highest BCUT2D eigenvalue weighted by Gasteiger charge is 2.39. The van der Waals surface area contributed by atoms with Crippen molar-refractivity contribution in [3.63, 3.8) is 0 Å². The molecular formula is C15H29NO. The lowest BCUT2D eigenvalue weighted by molar-refractivity contribution is -0.131. The highest BCUT2D eigenvalue weighted by molar-refractivity contribution is 5.85. The Labute approximate surface area is 106 Å². The molecule has 0 aromatic carbocycles. The molecule has 2 heteroatoms. The predicted molar refractivity (Wildman–Crippen MR) is 72.8 cm³/mol. The summed E-state index contributed by atoms with van der Waals surface area (Å²) in [5, 5.41) is 0. The molecule has 0 spiro atoms. The fourth-order valence-electron chi connectivity index (χ4n) is 2.97. The molecule has 0 aromatic rings. The predicted octanol–water partition coefficient (Wildman–Crippen LogP) is 3.54. The zero-order valence-electron chi connectivity index (χ0n) is 11.8. The van der Waals surface area contributed by atoms with Crippen LogP contribution in [0.1, 0.15) is 65.7 Å². The Balaban J connectivity index is 2.63. The molecule has 2 nitrogen and oxygen atoms in total. The van der Waals surface area contributed by atoms with E-state index in [4.69, 9.17) is 5.73 Å². The first-order chi connectivity index (χ1) is 8.07. The molecule has 1 aliphatic rings. The van der Waals surface area contributed by atoms with E-state index in [0.717, 1.165) is 38.0 Å². The topological polar surface area (TPSA) is 43.1 Å². The molecule has 0 atom stereocenters. The van der Waals surface area contributed by atoms with Crippen LogP contribution in [-0.2, 0) is 4.79 Å². The molecule has 0 unspecified atom stereocenters. The number of ketones is 1. The number of Topliss-reactive ketones (excluding diaryl/α,β-unsaturated/α-hetero) is 1. The molecule has 17 heavy (non-hydrogen) atoms. The number of rotatable bonds is 6. The zero-order valence-corrected chi connectivity index (χ0v) is 11.8. The lowest BCUT2D eigenvalue weighted by atomic mass is 9.66. The van der Waals surface area contributed by atoms with Crippen molar-refractivity contribution in [2.24, 2.45) is 23.0 Å². The van der Waals surface area contributed by atoms with Crippen LogP contribution in [0.15, 0.2) is 0 Å². The number of hydrogen-bond acceptors (Lipinski definition) is 2. The van der Waals surface area contributed by atoms with Gasteiger partial charge in [-0.2, -0.15) is 0 Å². The Morgan fingerprint density at radius 3 is 2.24 bits per heavy atom. The average Bonchev–Trinajstić information content (AvgIpc) is 2.37. The number of nitrogens with two attached hydrogens (primary N) is 1. The molecule has 0 saturated heterocycles. The molecule has 0 amide bonds. The fourth-order valence-corrected chi connectivity index (χ4v) is 2.97. The van der Waals surface area contributed by atoms with E-state index >= 15 is 0 Å². The first-order valence-electron chi connectivity index (χ1n) is 7.31. The van der Waals surface area contributed by atoms with Gasteiger partial charge in [-0.3, -0.25) is 4.79 Å². The van der Waals surface area contributed by atoms with Gasteiger partial charge >= 0.3 is 0 Å². The summed E-state index contributed by atoms with van der Waals surface area (Å²) in [6.45, 7) is 7.20. The Morgan fingerprint density at radius 1 is 1.29 bits per heavy atom. The molecule has 0 heterocycles. The van der Waals surface area contributed by atoms with Crippen LogP contribution in [0.4, 0.5) is 0 Å². The van der Waals surface area contributed by atoms with E-state index in [9.17, 15) is 4.79 Å². The normalized spacial score (nSPS) is 29.6. The summed E-state index contributed by atoms with van der Waals surface area (Å²) >= 11 is 0. The second-order valence-electron chi connectivity index (χ2n) is 5.98. The largest absolute Gasteiger partial charge is 0.329 e. The third-order valence-electron chi connectivity index (χ3n) is 4.84. The monoisotopic (exact) mass is 239 g/mol. The Hall–Kier alpha value is -0.370. The lowest BCUT2D eigenvalue weighted by Crippen LogP contribution is -2.42. The van der Waals surface area contributed by atoms with Crippen LogP contribution in [-0.4, -0.2) is 12.3 Å². The lowest BCUT2D eigenvalue weighted by Gasteiger charge is -2.38. The summed E-state index contributed by atoms with van der Waals surface area (Å²) in [5.41, 5.74) is 5.75. The Bertz CT molecular complexity index is 237. The zero-order chi connectivity index (χ0) is 12.9. The Kier molecular flexibility index (Phi) is 5.64. The van der Waals surface area contributed by atoms with Crippen LogP contribution in [0, 0.1) is 17.3 Å². The van der Waals surface area contributed by atoms with Gasteiger partial charge in [-0.05, 0) is 37.5 Å². The van der Waals surface area contributed by atoms with Gasteiger partial charge in [0, 0.05) is 18.4 Å². The molecule has 0 bridgehead atoms. The first-order valence-corrected chi connectivity index (χ1v) is 7.31. The third-order valence-corrected chi connectivity index (χ3v) is 4.84. The summed E-state index contributed by atoms with van der Waals surface area (Å²) in [4.78, 5) is 12.5. The van der Waals surface area contributed by atoms with Crippen molar-refractivity contribution in [2.75, 3.05) is 6.54 Å². The van der Waals surface area contributed by atoms with E-state index < -0.39 is 0 Å². The Morgan fingerprint density at radius 2 is 1.82 bits per heavy atom. The number of carbonyl (C=O) groups excluding carboxylic acids is 1.